The van der Waals surface area contributed by atoms with Crippen LogP contribution in [0.3, 0.4) is 0 Å². The van der Waals surface area contributed by atoms with Crippen LogP contribution >= 0.6 is 0 Å². The molecule has 1 aromatic carbocycles. The van der Waals surface area contributed by atoms with Crippen molar-refractivity contribution < 1.29 is 14.1 Å². The number of anilines is 2. The number of nitrogen functional groups attached to an aromatic ring is 1. The number of hydrogen-bond donors (Lipinski definition) is 2. The Labute approximate surface area is 136 Å². The molecule has 3 aromatic rings. The van der Waals surface area contributed by atoms with Crippen molar-refractivity contribution in [3.63, 3.8) is 0 Å². The van der Waals surface area contributed by atoms with Crippen molar-refractivity contribution in [1.82, 2.24) is 10.1 Å². The molecule has 120 valence electrons. The van der Waals surface area contributed by atoms with Crippen LogP contribution in [-0.2, 0) is 0 Å². The highest BCUT2D eigenvalue weighted by molar-refractivity contribution is 6.07. The molecule has 0 spiro atoms. The fourth-order valence-corrected chi connectivity index (χ4v) is 2.16. The molecule has 0 unspecified atom stereocenters. The Morgan fingerprint density at radius 3 is 3.00 bits per heavy atom. The van der Waals surface area contributed by atoms with Crippen LogP contribution in [0.2, 0.25) is 0 Å². The van der Waals surface area contributed by atoms with Crippen molar-refractivity contribution in [2.24, 2.45) is 0 Å². The molecule has 0 bridgehead atoms. The Hall–Kier alpha value is -3.60. The lowest BCUT2D eigenvalue weighted by Crippen LogP contribution is -2.16. The number of nitriles is 1. The first kappa shape index (κ1) is 15.3. The van der Waals surface area contributed by atoms with Crippen LogP contribution in [0.5, 0.6) is 5.88 Å². The van der Waals surface area contributed by atoms with E-state index in [0.29, 0.717) is 17.6 Å². The van der Waals surface area contributed by atoms with Gasteiger partial charge in [0.1, 0.15) is 17.3 Å². The van der Waals surface area contributed by atoms with E-state index in [-0.39, 0.29) is 28.6 Å². The van der Waals surface area contributed by atoms with Gasteiger partial charge in [-0.15, -0.1) is 0 Å². The molecular weight excluding hydrogens is 310 g/mol. The Morgan fingerprint density at radius 2 is 2.25 bits per heavy atom. The molecule has 0 fully saturated rings. The lowest BCUT2D eigenvalue weighted by Gasteiger charge is -2.09. The van der Waals surface area contributed by atoms with Crippen LogP contribution in [0.4, 0.5) is 11.5 Å². The second kappa shape index (κ2) is 6.26. The van der Waals surface area contributed by atoms with Crippen LogP contribution in [0.15, 0.2) is 34.9 Å². The van der Waals surface area contributed by atoms with E-state index in [4.69, 9.17) is 20.3 Å². The number of ether oxygens (including phenoxy) is 1. The number of carbonyl (C=O) groups is 1. The largest absolute Gasteiger partial charge is 0.477 e. The molecule has 0 aliphatic carbocycles. The molecule has 8 nitrogen and oxygen atoms in total. The normalized spacial score (nSPS) is 10.3. The number of amides is 1. The third kappa shape index (κ3) is 2.70. The maximum Gasteiger partial charge on any atom is 0.275 e. The molecule has 8 heteroatoms. The maximum absolute atomic E-state index is 12.4. The summed E-state index contributed by atoms with van der Waals surface area (Å²) >= 11 is 0. The molecule has 24 heavy (non-hydrogen) atoms. The minimum atomic E-state index is -0.536. The molecule has 0 aliphatic heterocycles. The molecule has 3 N–H and O–H groups in total. The molecule has 3 rings (SSSR count). The number of pyridine rings is 1. The summed E-state index contributed by atoms with van der Waals surface area (Å²) in [5.74, 6) is -0.236. The maximum atomic E-state index is 12.4. The van der Waals surface area contributed by atoms with Gasteiger partial charge in [0.15, 0.2) is 11.4 Å². The number of rotatable bonds is 4. The van der Waals surface area contributed by atoms with Crippen molar-refractivity contribution in [2.45, 2.75) is 6.92 Å². The van der Waals surface area contributed by atoms with E-state index in [2.05, 4.69) is 15.5 Å². The number of hydrogen-bond acceptors (Lipinski definition) is 7. The van der Waals surface area contributed by atoms with E-state index in [0.717, 1.165) is 0 Å². The monoisotopic (exact) mass is 323 g/mol. The van der Waals surface area contributed by atoms with E-state index in [9.17, 15) is 4.79 Å². The van der Waals surface area contributed by atoms with Crippen LogP contribution in [0.25, 0.3) is 11.0 Å². The van der Waals surface area contributed by atoms with Gasteiger partial charge < -0.3 is 20.3 Å². The number of aromatic nitrogens is 2. The first-order chi connectivity index (χ1) is 11.6. The predicted molar refractivity (Wildman–Crippen MR) is 86.5 cm³/mol. The summed E-state index contributed by atoms with van der Waals surface area (Å²) in [6.07, 6.45) is 0. The molecule has 1 amide bonds. The van der Waals surface area contributed by atoms with Crippen LogP contribution < -0.4 is 15.8 Å². The Balaban J connectivity index is 1.94. The van der Waals surface area contributed by atoms with Gasteiger partial charge in [-0.3, -0.25) is 4.79 Å². The summed E-state index contributed by atoms with van der Waals surface area (Å²) in [5, 5.41) is 16.2. The fourth-order valence-electron chi connectivity index (χ4n) is 2.16. The zero-order valence-electron chi connectivity index (χ0n) is 12.7. The van der Waals surface area contributed by atoms with Gasteiger partial charge in [-0.25, -0.2) is 4.98 Å². The summed E-state index contributed by atoms with van der Waals surface area (Å²) in [4.78, 5) is 16.5. The Morgan fingerprint density at radius 1 is 1.46 bits per heavy atom. The Bertz CT molecular complexity index is 958. The topological polar surface area (TPSA) is 127 Å². The van der Waals surface area contributed by atoms with Crippen molar-refractivity contribution in [3.8, 4) is 11.9 Å². The third-order valence-corrected chi connectivity index (χ3v) is 3.25. The minimum Gasteiger partial charge on any atom is -0.477 e. The summed E-state index contributed by atoms with van der Waals surface area (Å²) in [6, 6.07) is 10.3. The van der Waals surface area contributed by atoms with E-state index in [1.54, 1.807) is 31.2 Å². The van der Waals surface area contributed by atoms with Gasteiger partial charge in [-0.05, 0) is 25.1 Å². The van der Waals surface area contributed by atoms with Gasteiger partial charge in [0.25, 0.3) is 5.91 Å². The first-order valence-corrected chi connectivity index (χ1v) is 7.13. The SMILES string of the molecule is CCOc1nc(C(=O)Nc2noc3ccccc23)cc(N)c1C#N. The summed E-state index contributed by atoms with van der Waals surface area (Å²) < 4.78 is 10.4. The second-order valence-corrected chi connectivity index (χ2v) is 4.80. The number of fused-ring (bicyclic) bond motifs is 1. The summed E-state index contributed by atoms with van der Waals surface area (Å²) in [5.41, 5.74) is 6.59. The average Bonchev–Trinajstić information content (AvgIpc) is 2.98. The van der Waals surface area contributed by atoms with Crippen molar-refractivity contribution >= 4 is 28.4 Å². The molecule has 0 radical (unpaired) electrons. The third-order valence-electron chi connectivity index (χ3n) is 3.25. The molecule has 2 heterocycles. The van der Waals surface area contributed by atoms with Gasteiger partial charge in [0.05, 0.1) is 17.7 Å². The molecule has 0 atom stereocenters. The van der Waals surface area contributed by atoms with Crippen molar-refractivity contribution in [1.29, 1.82) is 5.26 Å². The van der Waals surface area contributed by atoms with Crippen LogP contribution in [-0.4, -0.2) is 22.7 Å². The standard InChI is InChI=1S/C16H13N5O3/c1-2-23-16-10(8-17)11(18)7-12(19-16)15(22)20-14-9-5-3-4-6-13(9)24-21-14/h3-7H,2H2,1H3,(H2,18,19)(H,20,21,22). The number of nitrogens with one attached hydrogen (secondary N) is 1. The van der Waals surface area contributed by atoms with E-state index in [1.165, 1.54) is 6.07 Å². The first-order valence-electron chi connectivity index (χ1n) is 7.13. The number of para-hydroxylation sites is 1. The molecular formula is C16H13N5O3. The fraction of sp³-hybridized carbons (Fsp3) is 0.125. The summed E-state index contributed by atoms with van der Waals surface area (Å²) in [7, 11) is 0. The quantitative estimate of drug-likeness (QED) is 0.754. The smallest absolute Gasteiger partial charge is 0.275 e. The minimum absolute atomic E-state index is 0.0158. The van der Waals surface area contributed by atoms with Gasteiger partial charge >= 0.3 is 0 Å². The average molecular weight is 323 g/mol. The summed E-state index contributed by atoms with van der Waals surface area (Å²) in [6.45, 7) is 2.04. The van der Waals surface area contributed by atoms with E-state index < -0.39 is 5.91 Å². The zero-order valence-corrected chi connectivity index (χ0v) is 12.7. The number of nitrogens with zero attached hydrogens (tertiary/aromatic N) is 3. The van der Waals surface area contributed by atoms with Gasteiger partial charge in [-0.2, -0.15) is 5.26 Å². The molecule has 0 saturated heterocycles. The van der Waals surface area contributed by atoms with Crippen molar-refractivity contribution in [3.05, 3.63) is 41.6 Å². The predicted octanol–water partition coefficient (Wildman–Crippen LogP) is 2.33. The van der Waals surface area contributed by atoms with Crippen LogP contribution in [0.1, 0.15) is 23.0 Å². The second-order valence-electron chi connectivity index (χ2n) is 4.80. The highest BCUT2D eigenvalue weighted by atomic mass is 16.5. The lowest BCUT2D eigenvalue weighted by atomic mass is 10.2. The number of nitrogens with two attached hydrogens (primary N) is 1. The van der Waals surface area contributed by atoms with E-state index in [1.807, 2.05) is 6.07 Å². The highest BCUT2D eigenvalue weighted by Gasteiger charge is 2.18. The number of benzene rings is 1. The molecule has 0 aliphatic rings. The Kier molecular flexibility index (Phi) is 3.99. The lowest BCUT2D eigenvalue weighted by molar-refractivity contribution is 0.102. The molecule has 2 aromatic heterocycles. The highest BCUT2D eigenvalue weighted by Crippen LogP contribution is 2.25. The zero-order chi connectivity index (χ0) is 17.1. The van der Waals surface area contributed by atoms with Gasteiger partial charge in [-0.1, -0.05) is 17.3 Å². The number of carbonyl (C=O) groups excluding carboxylic acids is 1. The van der Waals surface area contributed by atoms with Gasteiger partial charge in [0, 0.05) is 0 Å². The van der Waals surface area contributed by atoms with Crippen LogP contribution in [0, 0.1) is 11.3 Å². The van der Waals surface area contributed by atoms with E-state index >= 15 is 0 Å². The van der Waals surface area contributed by atoms with Crippen molar-refractivity contribution in [2.75, 3.05) is 17.7 Å². The molecule has 0 saturated carbocycles. The van der Waals surface area contributed by atoms with Gasteiger partial charge in [0.2, 0.25) is 5.88 Å².